The van der Waals surface area contributed by atoms with Gasteiger partial charge in [-0.15, -0.1) is 0 Å². The minimum Gasteiger partial charge on any atom is -0.339 e. The molecule has 0 saturated carbocycles. The van der Waals surface area contributed by atoms with E-state index in [2.05, 4.69) is 9.97 Å². The zero-order chi connectivity index (χ0) is 11.5. The fraction of sp³-hybridized carbons (Fsp3) is 0.231. The number of imidazole rings is 1. The number of aryl methyl sites for hydroxylation is 1. The van der Waals surface area contributed by atoms with Gasteiger partial charge in [-0.3, -0.25) is 4.79 Å². The summed E-state index contributed by atoms with van der Waals surface area (Å²) in [7, 11) is 0. The number of hydrogen-bond donors (Lipinski definition) is 1. The quantitative estimate of drug-likeness (QED) is 0.798. The maximum absolute atomic E-state index is 11.5. The molecule has 0 radical (unpaired) electrons. The summed E-state index contributed by atoms with van der Waals surface area (Å²) in [6.45, 7) is 3.57. The molecule has 0 aliphatic carbocycles. The number of carbonyl (C=O) groups excluding carboxylic acids is 1. The van der Waals surface area contributed by atoms with E-state index in [9.17, 15) is 4.79 Å². The first-order valence-corrected chi connectivity index (χ1v) is 5.37. The SMILES string of the molecule is CCc1nc(-c2ccccc2)c(C(C)=O)[nH]1. The van der Waals surface area contributed by atoms with Crippen LogP contribution in [0.5, 0.6) is 0 Å². The zero-order valence-corrected chi connectivity index (χ0v) is 9.45. The molecular weight excluding hydrogens is 200 g/mol. The topological polar surface area (TPSA) is 45.8 Å². The molecule has 0 aliphatic rings. The zero-order valence-electron chi connectivity index (χ0n) is 9.45. The van der Waals surface area contributed by atoms with Crippen molar-refractivity contribution in [1.82, 2.24) is 9.97 Å². The summed E-state index contributed by atoms with van der Waals surface area (Å²) < 4.78 is 0. The normalized spacial score (nSPS) is 10.4. The molecule has 3 heteroatoms. The van der Waals surface area contributed by atoms with E-state index in [1.807, 2.05) is 37.3 Å². The molecule has 0 bridgehead atoms. The van der Waals surface area contributed by atoms with Gasteiger partial charge >= 0.3 is 0 Å². The minimum atomic E-state index is 0.0195. The molecule has 0 spiro atoms. The molecule has 3 nitrogen and oxygen atoms in total. The molecule has 1 heterocycles. The smallest absolute Gasteiger partial charge is 0.178 e. The van der Waals surface area contributed by atoms with Gasteiger partial charge < -0.3 is 4.98 Å². The van der Waals surface area contributed by atoms with Crippen molar-refractivity contribution in [1.29, 1.82) is 0 Å². The monoisotopic (exact) mass is 214 g/mol. The average Bonchev–Trinajstić information content (AvgIpc) is 2.74. The van der Waals surface area contributed by atoms with Gasteiger partial charge in [0.05, 0.1) is 5.69 Å². The van der Waals surface area contributed by atoms with E-state index in [1.165, 1.54) is 0 Å². The summed E-state index contributed by atoms with van der Waals surface area (Å²) in [6, 6.07) is 9.76. The molecule has 0 fully saturated rings. The van der Waals surface area contributed by atoms with Crippen LogP contribution in [0.4, 0.5) is 0 Å². The van der Waals surface area contributed by atoms with Gasteiger partial charge in [-0.1, -0.05) is 37.3 Å². The van der Waals surface area contributed by atoms with Crippen molar-refractivity contribution < 1.29 is 4.79 Å². The van der Waals surface area contributed by atoms with E-state index in [-0.39, 0.29) is 5.78 Å². The molecular formula is C13H14N2O. The van der Waals surface area contributed by atoms with Crippen LogP contribution in [0.1, 0.15) is 30.2 Å². The van der Waals surface area contributed by atoms with Gasteiger partial charge in [-0.2, -0.15) is 0 Å². The Hall–Kier alpha value is -1.90. The number of carbonyl (C=O) groups is 1. The number of hydrogen-bond acceptors (Lipinski definition) is 2. The Morgan fingerprint density at radius 3 is 2.56 bits per heavy atom. The molecule has 0 saturated heterocycles. The van der Waals surface area contributed by atoms with Gasteiger partial charge in [0.25, 0.3) is 0 Å². The lowest BCUT2D eigenvalue weighted by atomic mass is 10.1. The second-order valence-corrected chi connectivity index (χ2v) is 3.68. The van der Waals surface area contributed by atoms with Crippen LogP contribution in [-0.2, 0) is 6.42 Å². The Bertz CT molecular complexity index is 500. The van der Waals surface area contributed by atoms with Crippen LogP contribution in [-0.4, -0.2) is 15.8 Å². The molecule has 0 atom stereocenters. The maximum Gasteiger partial charge on any atom is 0.178 e. The first-order valence-electron chi connectivity index (χ1n) is 5.37. The first kappa shape index (κ1) is 10.6. The van der Waals surface area contributed by atoms with Crippen molar-refractivity contribution in [2.75, 3.05) is 0 Å². The fourth-order valence-electron chi connectivity index (χ4n) is 1.65. The molecule has 1 aromatic carbocycles. The molecule has 1 N–H and O–H groups in total. The highest BCUT2D eigenvalue weighted by molar-refractivity contribution is 5.98. The van der Waals surface area contributed by atoms with Crippen molar-refractivity contribution >= 4 is 5.78 Å². The molecule has 2 aromatic rings. The van der Waals surface area contributed by atoms with E-state index in [4.69, 9.17) is 0 Å². The van der Waals surface area contributed by atoms with Crippen LogP contribution in [0.25, 0.3) is 11.3 Å². The minimum absolute atomic E-state index is 0.0195. The van der Waals surface area contributed by atoms with Gasteiger partial charge in [-0.05, 0) is 0 Å². The van der Waals surface area contributed by atoms with Crippen LogP contribution in [0.3, 0.4) is 0 Å². The molecule has 82 valence electrons. The predicted molar refractivity (Wildman–Crippen MR) is 63.4 cm³/mol. The number of ketones is 1. The summed E-state index contributed by atoms with van der Waals surface area (Å²) in [6.07, 6.45) is 0.799. The number of Topliss-reactive ketones (excluding diaryl/α,β-unsaturated/α-hetero) is 1. The third-order valence-corrected chi connectivity index (χ3v) is 2.49. The number of H-pyrrole nitrogens is 1. The summed E-state index contributed by atoms with van der Waals surface area (Å²) in [4.78, 5) is 19.0. The van der Waals surface area contributed by atoms with E-state index < -0.39 is 0 Å². The third kappa shape index (κ3) is 1.89. The Morgan fingerprint density at radius 2 is 2.00 bits per heavy atom. The van der Waals surface area contributed by atoms with Gasteiger partial charge in [0.1, 0.15) is 11.5 Å². The van der Waals surface area contributed by atoms with Crippen LogP contribution in [0, 0.1) is 0 Å². The number of nitrogens with one attached hydrogen (secondary N) is 1. The summed E-state index contributed by atoms with van der Waals surface area (Å²) >= 11 is 0. The molecule has 16 heavy (non-hydrogen) atoms. The highest BCUT2D eigenvalue weighted by atomic mass is 16.1. The Kier molecular flexibility index (Phi) is 2.86. The maximum atomic E-state index is 11.5. The van der Waals surface area contributed by atoms with E-state index >= 15 is 0 Å². The molecule has 1 aromatic heterocycles. The molecule has 0 aliphatic heterocycles. The second kappa shape index (κ2) is 4.31. The van der Waals surface area contributed by atoms with Crippen molar-refractivity contribution in [3.63, 3.8) is 0 Å². The fourth-order valence-corrected chi connectivity index (χ4v) is 1.65. The van der Waals surface area contributed by atoms with Crippen molar-refractivity contribution in [3.05, 3.63) is 41.9 Å². The van der Waals surface area contributed by atoms with Gasteiger partial charge in [0.2, 0.25) is 0 Å². The lowest BCUT2D eigenvalue weighted by molar-refractivity contribution is 0.101. The van der Waals surface area contributed by atoms with Gasteiger partial charge in [0.15, 0.2) is 5.78 Å². The number of rotatable bonds is 3. The van der Waals surface area contributed by atoms with E-state index in [1.54, 1.807) is 6.92 Å². The highest BCUT2D eigenvalue weighted by Gasteiger charge is 2.14. The number of benzene rings is 1. The van der Waals surface area contributed by atoms with E-state index in [0.717, 1.165) is 23.5 Å². The van der Waals surface area contributed by atoms with E-state index in [0.29, 0.717) is 5.69 Å². The third-order valence-electron chi connectivity index (χ3n) is 2.49. The van der Waals surface area contributed by atoms with Crippen molar-refractivity contribution in [2.45, 2.75) is 20.3 Å². The van der Waals surface area contributed by atoms with Crippen LogP contribution < -0.4 is 0 Å². The predicted octanol–water partition coefficient (Wildman–Crippen LogP) is 2.84. The highest BCUT2D eigenvalue weighted by Crippen LogP contribution is 2.21. The van der Waals surface area contributed by atoms with Crippen LogP contribution >= 0.6 is 0 Å². The van der Waals surface area contributed by atoms with Gasteiger partial charge in [-0.25, -0.2) is 4.98 Å². The number of aromatic nitrogens is 2. The Labute approximate surface area is 94.5 Å². The molecule has 0 amide bonds. The van der Waals surface area contributed by atoms with Crippen molar-refractivity contribution in [3.8, 4) is 11.3 Å². The van der Waals surface area contributed by atoms with Crippen LogP contribution in [0.15, 0.2) is 30.3 Å². The van der Waals surface area contributed by atoms with Crippen LogP contribution in [0.2, 0.25) is 0 Å². The first-order chi connectivity index (χ1) is 7.72. The lowest BCUT2D eigenvalue weighted by Crippen LogP contribution is -1.95. The van der Waals surface area contributed by atoms with Crippen molar-refractivity contribution in [2.24, 2.45) is 0 Å². The number of nitrogens with zero attached hydrogens (tertiary/aromatic N) is 1. The standard InChI is InChI=1S/C13H14N2O/c1-3-11-14-12(9(2)16)13(15-11)10-7-5-4-6-8-10/h4-8H,3H2,1-2H3,(H,14,15). The summed E-state index contributed by atoms with van der Waals surface area (Å²) in [5, 5.41) is 0. The second-order valence-electron chi connectivity index (χ2n) is 3.68. The molecule has 2 rings (SSSR count). The number of aromatic amines is 1. The largest absolute Gasteiger partial charge is 0.339 e. The molecule has 0 unspecified atom stereocenters. The Balaban J connectivity index is 2.55. The Morgan fingerprint density at radius 1 is 1.31 bits per heavy atom. The van der Waals surface area contributed by atoms with Gasteiger partial charge in [0, 0.05) is 18.9 Å². The lowest BCUT2D eigenvalue weighted by Gasteiger charge is -1.98. The summed E-state index contributed by atoms with van der Waals surface area (Å²) in [5.74, 6) is 0.870. The average molecular weight is 214 g/mol. The summed E-state index contributed by atoms with van der Waals surface area (Å²) in [5.41, 5.74) is 2.33.